The third-order valence-corrected chi connectivity index (χ3v) is 3.75. The number of carbonyl (C=O) groups excluding carboxylic acids is 1. The summed E-state index contributed by atoms with van der Waals surface area (Å²) in [6, 6.07) is 11.0. The molecule has 0 radical (unpaired) electrons. The number of hydrogen-bond donors (Lipinski definition) is 2. The van der Waals surface area contributed by atoms with Crippen LogP contribution < -0.4 is 25.1 Å². The first-order valence-electron chi connectivity index (χ1n) is 7.16. The van der Waals surface area contributed by atoms with Crippen LogP contribution in [0, 0.1) is 0 Å². The first kappa shape index (κ1) is 17.9. The molecule has 2 rings (SSSR count). The fraction of sp³-hybridized carbons (Fsp3) is 0.235. The Hall–Kier alpha value is -2.41. The molecular weight excluding hydrogens is 376 g/mol. The van der Waals surface area contributed by atoms with E-state index in [-0.39, 0.29) is 12.3 Å². The summed E-state index contributed by atoms with van der Waals surface area (Å²) in [5, 5.41) is 0. The van der Waals surface area contributed by atoms with Crippen molar-refractivity contribution in [3.8, 4) is 17.2 Å². The highest BCUT2D eigenvalue weighted by molar-refractivity contribution is 9.10. The van der Waals surface area contributed by atoms with Crippen molar-refractivity contribution in [3.05, 3.63) is 46.4 Å². The molecule has 1 amide bonds. The number of ether oxygens (including phenoxy) is 3. The average molecular weight is 395 g/mol. The van der Waals surface area contributed by atoms with Crippen molar-refractivity contribution in [1.29, 1.82) is 0 Å². The molecule has 0 fully saturated rings. The van der Waals surface area contributed by atoms with Crippen LogP contribution >= 0.6 is 15.9 Å². The van der Waals surface area contributed by atoms with Gasteiger partial charge in [0, 0.05) is 4.47 Å². The third-order valence-electron chi connectivity index (χ3n) is 3.26. The maximum atomic E-state index is 12.1. The van der Waals surface area contributed by atoms with E-state index < -0.39 is 0 Å². The van der Waals surface area contributed by atoms with Gasteiger partial charge in [0.15, 0.2) is 11.5 Å². The largest absolute Gasteiger partial charge is 0.493 e. The molecule has 2 aromatic rings. The number of halogens is 1. The van der Waals surface area contributed by atoms with Gasteiger partial charge in [-0.15, -0.1) is 0 Å². The first-order chi connectivity index (χ1) is 11.6. The Kier molecular flexibility index (Phi) is 6.31. The van der Waals surface area contributed by atoms with Gasteiger partial charge in [0.2, 0.25) is 11.7 Å². The average Bonchev–Trinajstić information content (AvgIpc) is 2.59. The lowest BCUT2D eigenvalue weighted by molar-refractivity contribution is -0.119. The number of amides is 1. The van der Waals surface area contributed by atoms with Crippen LogP contribution in [0.25, 0.3) is 0 Å². The van der Waals surface area contributed by atoms with Crippen molar-refractivity contribution in [2.75, 3.05) is 26.8 Å². The molecular formula is C17H19BrN2O4. The molecule has 0 spiro atoms. The minimum atomic E-state index is -0.191. The minimum Gasteiger partial charge on any atom is -0.493 e. The van der Waals surface area contributed by atoms with E-state index in [9.17, 15) is 4.79 Å². The van der Waals surface area contributed by atoms with Crippen molar-refractivity contribution in [1.82, 2.24) is 5.43 Å². The lowest BCUT2D eigenvalue weighted by Crippen LogP contribution is -2.30. The SMILES string of the molecule is COc1cc(CC(=O)NNc2cccc(Br)c2)cc(OC)c1OC. The molecule has 0 atom stereocenters. The molecule has 2 aromatic carbocycles. The van der Waals surface area contributed by atoms with Gasteiger partial charge >= 0.3 is 0 Å². The van der Waals surface area contributed by atoms with Crippen LogP contribution in [0.3, 0.4) is 0 Å². The molecule has 0 aliphatic carbocycles. The molecule has 0 heterocycles. The van der Waals surface area contributed by atoms with E-state index in [0.29, 0.717) is 17.2 Å². The van der Waals surface area contributed by atoms with Crippen molar-refractivity contribution < 1.29 is 19.0 Å². The van der Waals surface area contributed by atoms with E-state index in [4.69, 9.17) is 14.2 Å². The van der Waals surface area contributed by atoms with Gasteiger partial charge in [0.25, 0.3) is 0 Å². The number of carbonyl (C=O) groups is 1. The summed E-state index contributed by atoms with van der Waals surface area (Å²) in [5.41, 5.74) is 7.05. The van der Waals surface area contributed by atoms with Crippen molar-refractivity contribution in [2.24, 2.45) is 0 Å². The van der Waals surface area contributed by atoms with Gasteiger partial charge in [0.1, 0.15) is 0 Å². The monoisotopic (exact) mass is 394 g/mol. The van der Waals surface area contributed by atoms with Crippen LogP contribution in [0.1, 0.15) is 5.56 Å². The summed E-state index contributed by atoms with van der Waals surface area (Å²) < 4.78 is 16.8. The lowest BCUT2D eigenvalue weighted by Gasteiger charge is -2.14. The highest BCUT2D eigenvalue weighted by Crippen LogP contribution is 2.38. The van der Waals surface area contributed by atoms with Gasteiger partial charge in [-0.2, -0.15) is 0 Å². The minimum absolute atomic E-state index is 0.164. The highest BCUT2D eigenvalue weighted by Gasteiger charge is 2.14. The topological polar surface area (TPSA) is 68.8 Å². The van der Waals surface area contributed by atoms with Crippen LogP contribution in [0.4, 0.5) is 5.69 Å². The molecule has 24 heavy (non-hydrogen) atoms. The van der Waals surface area contributed by atoms with Crippen LogP contribution in [0.2, 0.25) is 0 Å². The Morgan fingerprint density at radius 2 is 1.71 bits per heavy atom. The predicted octanol–water partition coefficient (Wildman–Crippen LogP) is 3.16. The Bertz CT molecular complexity index is 696. The molecule has 128 valence electrons. The molecule has 6 nitrogen and oxygen atoms in total. The Balaban J connectivity index is 2.05. The van der Waals surface area contributed by atoms with Crippen molar-refractivity contribution in [2.45, 2.75) is 6.42 Å². The standard InChI is InChI=1S/C17H19BrN2O4/c1-22-14-7-11(8-15(23-2)17(14)24-3)9-16(21)20-19-13-6-4-5-12(18)10-13/h4-8,10,19H,9H2,1-3H3,(H,20,21). The number of hydrazine groups is 1. The van der Waals surface area contributed by atoms with Gasteiger partial charge in [-0.25, -0.2) is 0 Å². The van der Waals surface area contributed by atoms with E-state index in [2.05, 4.69) is 26.8 Å². The number of benzene rings is 2. The molecule has 0 saturated carbocycles. The highest BCUT2D eigenvalue weighted by atomic mass is 79.9. The van der Waals surface area contributed by atoms with Gasteiger partial charge in [-0.05, 0) is 35.9 Å². The predicted molar refractivity (Wildman–Crippen MR) is 95.7 cm³/mol. The third kappa shape index (κ3) is 4.55. The molecule has 7 heteroatoms. The van der Waals surface area contributed by atoms with Crippen LogP contribution in [0.5, 0.6) is 17.2 Å². The molecule has 0 unspecified atom stereocenters. The van der Waals surface area contributed by atoms with Gasteiger partial charge < -0.3 is 14.2 Å². The van der Waals surface area contributed by atoms with Crippen molar-refractivity contribution >= 4 is 27.5 Å². The van der Waals surface area contributed by atoms with Gasteiger partial charge in [-0.3, -0.25) is 15.6 Å². The summed E-state index contributed by atoms with van der Waals surface area (Å²) in [4.78, 5) is 12.1. The van der Waals surface area contributed by atoms with Crippen molar-refractivity contribution in [3.63, 3.8) is 0 Å². The van der Waals surface area contributed by atoms with E-state index in [1.165, 1.54) is 21.3 Å². The van der Waals surface area contributed by atoms with E-state index in [1.807, 2.05) is 24.3 Å². The van der Waals surface area contributed by atoms with Gasteiger partial charge in [0.05, 0.1) is 33.4 Å². The molecule has 0 bridgehead atoms. The molecule has 0 aromatic heterocycles. The normalized spacial score (nSPS) is 10.0. The fourth-order valence-electron chi connectivity index (χ4n) is 2.18. The zero-order valence-electron chi connectivity index (χ0n) is 13.7. The van der Waals surface area contributed by atoms with Gasteiger partial charge in [-0.1, -0.05) is 22.0 Å². The summed E-state index contributed by atoms with van der Waals surface area (Å²) in [6.45, 7) is 0. The number of methoxy groups -OCH3 is 3. The number of nitrogens with one attached hydrogen (secondary N) is 2. The zero-order chi connectivity index (χ0) is 17.5. The van der Waals surface area contributed by atoms with Crippen LogP contribution in [-0.2, 0) is 11.2 Å². The Labute approximate surface area is 149 Å². The Morgan fingerprint density at radius 1 is 1.04 bits per heavy atom. The zero-order valence-corrected chi connectivity index (χ0v) is 15.3. The lowest BCUT2D eigenvalue weighted by atomic mass is 10.1. The molecule has 0 aliphatic rings. The fourth-order valence-corrected chi connectivity index (χ4v) is 2.57. The van der Waals surface area contributed by atoms with E-state index in [1.54, 1.807) is 12.1 Å². The quantitative estimate of drug-likeness (QED) is 0.705. The maximum absolute atomic E-state index is 12.1. The van der Waals surface area contributed by atoms with Crippen LogP contribution in [0.15, 0.2) is 40.9 Å². The number of rotatable bonds is 7. The maximum Gasteiger partial charge on any atom is 0.242 e. The number of hydrogen-bond acceptors (Lipinski definition) is 5. The first-order valence-corrected chi connectivity index (χ1v) is 7.96. The van der Waals surface area contributed by atoms with E-state index in [0.717, 1.165) is 15.7 Å². The molecule has 0 saturated heterocycles. The second-order valence-corrected chi connectivity index (χ2v) is 5.81. The summed E-state index contributed by atoms with van der Waals surface area (Å²) in [7, 11) is 4.61. The molecule has 0 aliphatic heterocycles. The summed E-state index contributed by atoms with van der Waals surface area (Å²) in [6.07, 6.45) is 0.164. The second-order valence-electron chi connectivity index (χ2n) is 4.89. The smallest absolute Gasteiger partial charge is 0.242 e. The Morgan fingerprint density at radius 3 is 2.25 bits per heavy atom. The molecule has 2 N–H and O–H groups in total. The second kappa shape index (κ2) is 8.44. The van der Waals surface area contributed by atoms with E-state index >= 15 is 0 Å². The van der Waals surface area contributed by atoms with Crippen LogP contribution in [-0.4, -0.2) is 27.2 Å². The number of anilines is 1. The summed E-state index contributed by atoms with van der Waals surface area (Å²) >= 11 is 3.38. The summed E-state index contributed by atoms with van der Waals surface area (Å²) in [5.74, 6) is 1.33.